The molecule has 1 heterocycles. The highest BCUT2D eigenvalue weighted by atomic mass is 32.1. The van der Waals surface area contributed by atoms with Crippen molar-refractivity contribution in [3.8, 4) is 11.1 Å². The Kier molecular flexibility index (Phi) is 3.50. The summed E-state index contributed by atoms with van der Waals surface area (Å²) in [5.41, 5.74) is 4.70. The minimum absolute atomic E-state index is 0.105. The number of aryl methyl sites for hydroxylation is 1. The van der Waals surface area contributed by atoms with Gasteiger partial charge in [0.05, 0.1) is 5.56 Å². The molecule has 2 aromatic rings. The number of benzene rings is 1. The molecule has 1 aromatic heterocycles. The average Bonchev–Trinajstić information content (AvgIpc) is 2.76. The van der Waals surface area contributed by atoms with Gasteiger partial charge in [-0.05, 0) is 34.4 Å². The zero-order chi connectivity index (χ0) is 14.2. The minimum Gasteiger partial charge on any atom is -0.478 e. The molecule has 0 fully saturated rings. The van der Waals surface area contributed by atoms with Crippen LogP contribution in [0.4, 0.5) is 0 Å². The molecular weight excluding hydrogens is 256 g/mol. The highest BCUT2D eigenvalue weighted by Crippen LogP contribution is 2.33. The highest BCUT2D eigenvalue weighted by molar-refractivity contribution is 7.08. The lowest BCUT2D eigenvalue weighted by atomic mass is 9.84. The first-order valence-electron chi connectivity index (χ1n) is 6.21. The lowest BCUT2D eigenvalue weighted by molar-refractivity contribution is 0.0698. The van der Waals surface area contributed by atoms with Gasteiger partial charge in [-0.15, -0.1) is 0 Å². The van der Waals surface area contributed by atoms with Gasteiger partial charge in [0, 0.05) is 10.9 Å². The van der Waals surface area contributed by atoms with Crippen molar-refractivity contribution in [1.82, 2.24) is 0 Å². The van der Waals surface area contributed by atoms with E-state index in [0.29, 0.717) is 5.56 Å². The number of thiophene rings is 1. The highest BCUT2D eigenvalue weighted by Gasteiger charge is 2.17. The van der Waals surface area contributed by atoms with Crippen LogP contribution in [0.25, 0.3) is 11.1 Å². The Bertz CT molecular complexity index is 618. The van der Waals surface area contributed by atoms with E-state index in [0.717, 1.165) is 16.7 Å². The lowest BCUT2D eigenvalue weighted by Gasteiger charge is -2.20. The summed E-state index contributed by atoms with van der Waals surface area (Å²) < 4.78 is 0. The Balaban J connectivity index is 2.53. The largest absolute Gasteiger partial charge is 0.478 e. The van der Waals surface area contributed by atoms with Gasteiger partial charge in [-0.3, -0.25) is 0 Å². The quantitative estimate of drug-likeness (QED) is 0.860. The maximum atomic E-state index is 11.2. The summed E-state index contributed by atoms with van der Waals surface area (Å²) in [6.07, 6.45) is 0. The molecule has 0 unspecified atom stereocenters. The van der Waals surface area contributed by atoms with Crippen LogP contribution in [-0.4, -0.2) is 11.1 Å². The smallest absolute Gasteiger partial charge is 0.337 e. The number of aromatic carboxylic acids is 1. The fourth-order valence-corrected chi connectivity index (χ4v) is 2.93. The molecule has 0 aliphatic rings. The Labute approximate surface area is 117 Å². The van der Waals surface area contributed by atoms with E-state index in [2.05, 4.69) is 32.9 Å². The van der Waals surface area contributed by atoms with Crippen LogP contribution in [0.2, 0.25) is 0 Å². The summed E-state index contributed by atoms with van der Waals surface area (Å²) in [5, 5.41) is 12.8. The summed E-state index contributed by atoms with van der Waals surface area (Å²) in [4.78, 5) is 11.2. The van der Waals surface area contributed by atoms with Gasteiger partial charge in [-0.2, -0.15) is 11.3 Å². The van der Waals surface area contributed by atoms with Crippen LogP contribution in [0.3, 0.4) is 0 Å². The molecule has 19 heavy (non-hydrogen) atoms. The van der Waals surface area contributed by atoms with E-state index >= 15 is 0 Å². The van der Waals surface area contributed by atoms with E-state index in [1.54, 1.807) is 5.38 Å². The first-order chi connectivity index (χ1) is 8.80. The standard InChI is InChI=1S/C16H18O2S/c1-10-7-11(16(2,3)4)5-6-12(10)13-8-19-9-14(13)15(17)18/h5-9H,1-4H3,(H,17,18). The molecular formula is C16H18O2S. The van der Waals surface area contributed by atoms with Crippen LogP contribution in [0.1, 0.15) is 42.3 Å². The van der Waals surface area contributed by atoms with Crippen LogP contribution in [-0.2, 0) is 5.41 Å². The summed E-state index contributed by atoms with van der Waals surface area (Å²) in [6, 6.07) is 6.27. The third-order valence-corrected chi connectivity index (χ3v) is 4.02. The van der Waals surface area contributed by atoms with E-state index in [9.17, 15) is 9.90 Å². The summed E-state index contributed by atoms with van der Waals surface area (Å²) in [6.45, 7) is 8.56. The van der Waals surface area contributed by atoms with Crippen molar-refractivity contribution in [1.29, 1.82) is 0 Å². The molecule has 0 bridgehead atoms. The molecule has 0 aliphatic carbocycles. The first kappa shape index (κ1) is 13.8. The van der Waals surface area contributed by atoms with Crippen molar-refractivity contribution in [3.63, 3.8) is 0 Å². The minimum atomic E-state index is -0.865. The van der Waals surface area contributed by atoms with E-state index in [1.165, 1.54) is 16.9 Å². The Hall–Kier alpha value is -1.61. The molecule has 0 atom stereocenters. The van der Waals surface area contributed by atoms with Crippen molar-refractivity contribution >= 4 is 17.3 Å². The Morgan fingerprint density at radius 2 is 1.84 bits per heavy atom. The molecule has 0 amide bonds. The molecule has 2 nitrogen and oxygen atoms in total. The molecule has 2 rings (SSSR count). The maximum absolute atomic E-state index is 11.2. The maximum Gasteiger partial charge on any atom is 0.337 e. The zero-order valence-corrected chi connectivity index (χ0v) is 12.5. The second-order valence-electron chi connectivity index (χ2n) is 5.78. The lowest BCUT2D eigenvalue weighted by Crippen LogP contribution is -2.11. The molecule has 1 aromatic carbocycles. The van der Waals surface area contributed by atoms with Crippen LogP contribution in [0.15, 0.2) is 29.0 Å². The molecule has 100 valence electrons. The van der Waals surface area contributed by atoms with Gasteiger partial charge in [0.1, 0.15) is 0 Å². The fraction of sp³-hybridized carbons (Fsp3) is 0.312. The van der Waals surface area contributed by atoms with E-state index in [-0.39, 0.29) is 5.41 Å². The van der Waals surface area contributed by atoms with E-state index in [4.69, 9.17) is 0 Å². The Morgan fingerprint density at radius 3 is 2.37 bits per heavy atom. The van der Waals surface area contributed by atoms with Gasteiger partial charge < -0.3 is 5.11 Å². The number of hydrogen-bond acceptors (Lipinski definition) is 2. The average molecular weight is 274 g/mol. The first-order valence-corrected chi connectivity index (χ1v) is 7.16. The number of rotatable bonds is 2. The zero-order valence-electron chi connectivity index (χ0n) is 11.7. The van der Waals surface area contributed by atoms with Crippen molar-refractivity contribution in [3.05, 3.63) is 45.6 Å². The molecule has 0 spiro atoms. The van der Waals surface area contributed by atoms with Crippen molar-refractivity contribution in [2.45, 2.75) is 33.1 Å². The van der Waals surface area contributed by atoms with Crippen LogP contribution in [0.5, 0.6) is 0 Å². The molecule has 0 radical (unpaired) electrons. The van der Waals surface area contributed by atoms with Crippen LogP contribution < -0.4 is 0 Å². The van der Waals surface area contributed by atoms with Gasteiger partial charge in [0.2, 0.25) is 0 Å². The normalized spacial score (nSPS) is 11.6. The van der Waals surface area contributed by atoms with Crippen LogP contribution in [0, 0.1) is 6.92 Å². The van der Waals surface area contributed by atoms with E-state index in [1.807, 2.05) is 18.4 Å². The second kappa shape index (κ2) is 4.82. The fourth-order valence-electron chi connectivity index (χ4n) is 2.10. The van der Waals surface area contributed by atoms with Crippen molar-refractivity contribution < 1.29 is 9.90 Å². The van der Waals surface area contributed by atoms with Crippen molar-refractivity contribution in [2.75, 3.05) is 0 Å². The predicted octanol–water partition coefficient (Wildman–Crippen LogP) is 4.72. The second-order valence-corrected chi connectivity index (χ2v) is 6.53. The van der Waals surface area contributed by atoms with Gasteiger partial charge in [0.15, 0.2) is 0 Å². The molecule has 0 saturated heterocycles. The molecule has 0 saturated carbocycles. The summed E-state index contributed by atoms with van der Waals surface area (Å²) >= 11 is 1.43. The summed E-state index contributed by atoms with van der Waals surface area (Å²) in [7, 11) is 0. The molecule has 1 N–H and O–H groups in total. The Morgan fingerprint density at radius 1 is 1.16 bits per heavy atom. The van der Waals surface area contributed by atoms with Crippen LogP contribution >= 0.6 is 11.3 Å². The topological polar surface area (TPSA) is 37.3 Å². The third kappa shape index (κ3) is 2.71. The SMILES string of the molecule is Cc1cc(C(C)(C)C)ccc1-c1cscc1C(=O)O. The van der Waals surface area contributed by atoms with Gasteiger partial charge in [-0.1, -0.05) is 39.0 Å². The summed E-state index contributed by atoms with van der Waals surface area (Å²) in [5.74, 6) is -0.865. The van der Waals surface area contributed by atoms with Gasteiger partial charge in [-0.25, -0.2) is 4.79 Å². The molecule has 0 aliphatic heterocycles. The number of carboxylic acids is 1. The number of hydrogen-bond donors (Lipinski definition) is 1. The molecule has 3 heteroatoms. The van der Waals surface area contributed by atoms with E-state index < -0.39 is 5.97 Å². The third-order valence-electron chi connectivity index (χ3n) is 3.27. The number of carboxylic acid groups (broad SMARTS) is 1. The monoisotopic (exact) mass is 274 g/mol. The van der Waals surface area contributed by atoms with Crippen molar-refractivity contribution in [2.24, 2.45) is 0 Å². The van der Waals surface area contributed by atoms with Gasteiger partial charge in [0.25, 0.3) is 0 Å². The number of carbonyl (C=O) groups is 1. The predicted molar refractivity (Wildman–Crippen MR) is 80.2 cm³/mol. The van der Waals surface area contributed by atoms with Gasteiger partial charge >= 0.3 is 5.97 Å².